The maximum Gasteiger partial charge on any atom is 0.165 e. The van der Waals surface area contributed by atoms with Crippen LogP contribution < -0.4 is 4.74 Å². The molecule has 0 aliphatic carbocycles. The molecule has 0 saturated heterocycles. The highest BCUT2D eigenvalue weighted by atomic mass is 19.1. The topological polar surface area (TPSA) is 29.5 Å². The third-order valence-electron chi connectivity index (χ3n) is 3.72. The Bertz CT molecular complexity index is 641. The fourth-order valence-corrected chi connectivity index (χ4v) is 2.37. The molecule has 0 heterocycles. The Balaban J connectivity index is 1.96. The van der Waals surface area contributed by atoms with Gasteiger partial charge in [-0.05, 0) is 41.8 Å². The second kappa shape index (κ2) is 8.51. The first kappa shape index (κ1) is 17.3. The number of phenols is 1. The Morgan fingerprint density at radius 2 is 1.52 bits per heavy atom. The molecule has 0 unspecified atom stereocenters. The van der Waals surface area contributed by atoms with Crippen LogP contribution in [0.4, 0.5) is 8.78 Å². The standard InChI is InChI=1S/C19H22F2O2/c1-2-3-4-5-6-11-23-19-10-8-15(13-17(19)21)14-7-9-18(22)16(20)12-14/h7-10,12-13,22H,2-6,11H2,1H3. The van der Waals surface area contributed by atoms with Crippen molar-refractivity contribution < 1.29 is 18.6 Å². The number of phenolic OH excluding ortho intramolecular Hbond substituents is 1. The van der Waals surface area contributed by atoms with E-state index in [0.717, 1.165) is 12.8 Å². The second-order valence-corrected chi connectivity index (χ2v) is 5.57. The summed E-state index contributed by atoms with van der Waals surface area (Å²) in [5, 5.41) is 9.19. The van der Waals surface area contributed by atoms with Gasteiger partial charge in [-0.15, -0.1) is 0 Å². The van der Waals surface area contributed by atoms with E-state index in [4.69, 9.17) is 4.74 Å². The Morgan fingerprint density at radius 1 is 0.870 bits per heavy atom. The minimum absolute atomic E-state index is 0.212. The predicted octanol–water partition coefficient (Wildman–Crippen LogP) is 5.69. The Morgan fingerprint density at radius 3 is 2.17 bits per heavy atom. The first-order valence-corrected chi connectivity index (χ1v) is 8.03. The number of unbranched alkanes of at least 4 members (excludes halogenated alkanes) is 4. The van der Waals surface area contributed by atoms with Crippen LogP contribution in [0, 0.1) is 11.6 Å². The summed E-state index contributed by atoms with van der Waals surface area (Å²) < 4.78 is 32.9. The Labute approximate surface area is 135 Å². The average molecular weight is 320 g/mol. The molecule has 0 aliphatic rings. The van der Waals surface area contributed by atoms with E-state index < -0.39 is 17.4 Å². The summed E-state index contributed by atoms with van der Waals surface area (Å²) in [6.45, 7) is 2.65. The van der Waals surface area contributed by atoms with Crippen molar-refractivity contribution in [2.45, 2.75) is 39.0 Å². The van der Waals surface area contributed by atoms with Gasteiger partial charge in [0.15, 0.2) is 23.1 Å². The van der Waals surface area contributed by atoms with Crippen molar-refractivity contribution in [1.29, 1.82) is 0 Å². The lowest BCUT2D eigenvalue weighted by molar-refractivity contribution is 0.290. The van der Waals surface area contributed by atoms with E-state index >= 15 is 0 Å². The third kappa shape index (κ3) is 4.95. The number of hydrogen-bond donors (Lipinski definition) is 1. The fraction of sp³-hybridized carbons (Fsp3) is 0.368. The molecule has 2 nitrogen and oxygen atoms in total. The molecule has 2 aromatic carbocycles. The molecule has 0 spiro atoms. The molecule has 0 aliphatic heterocycles. The van der Waals surface area contributed by atoms with Gasteiger partial charge in [0.05, 0.1) is 6.61 Å². The molecular formula is C19H22F2O2. The smallest absolute Gasteiger partial charge is 0.165 e. The van der Waals surface area contributed by atoms with Crippen molar-refractivity contribution in [3.63, 3.8) is 0 Å². The lowest BCUT2D eigenvalue weighted by Crippen LogP contribution is -1.99. The van der Waals surface area contributed by atoms with Crippen LogP contribution in [0.2, 0.25) is 0 Å². The molecular weight excluding hydrogens is 298 g/mol. The van der Waals surface area contributed by atoms with Crippen molar-refractivity contribution in [3.8, 4) is 22.6 Å². The van der Waals surface area contributed by atoms with Crippen LogP contribution >= 0.6 is 0 Å². The monoisotopic (exact) mass is 320 g/mol. The van der Waals surface area contributed by atoms with Crippen LogP contribution in [0.5, 0.6) is 11.5 Å². The van der Waals surface area contributed by atoms with Gasteiger partial charge in [0.25, 0.3) is 0 Å². The maximum atomic E-state index is 14.1. The van der Waals surface area contributed by atoms with Gasteiger partial charge in [-0.2, -0.15) is 0 Å². The van der Waals surface area contributed by atoms with Gasteiger partial charge in [0.2, 0.25) is 0 Å². The van der Waals surface area contributed by atoms with Gasteiger partial charge < -0.3 is 9.84 Å². The number of benzene rings is 2. The normalized spacial score (nSPS) is 10.7. The molecule has 124 valence electrons. The molecule has 2 aromatic rings. The first-order valence-electron chi connectivity index (χ1n) is 8.03. The summed E-state index contributed by atoms with van der Waals surface area (Å²) in [6, 6.07) is 8.53. The molecule has 0 aromatic heterocycles. The maximum absolute atomic E-state index is 14.1. The van der Waals surface area contributed by atoms with Gasteiger partial charge in [-0.1, -0.05) is 44.7 Å². The first-order chi connectivity index (χ1) is 11.1. The summed E-state index contributed by atoms with van der Waals surface area (Å²) in [6.07, 6.45) is 5.57. The number of ether oxygens (including phenoxy) is 1. The van der Waals surface area contributed by atoms with Crippen LogP contribution in [-0.2, 0) is 0 Å². The van der Waals surface area contributed by atoms with Gasteiger partial charge in [0.1, 0.15) is 0 Å². The SMILES string of the molecule is CCCCCCCOc1ccc(-c2ccc(O)c(F)c2)cc1F. The molecule has 0 saturated carbocycles. The highest BCUT2D eigenvalue weighted by Crippen LogP contribution is 2.28. The quantitative estimate of drug-likeness (QED) is 0.633. The van der Waals surface area contributed by atoms with E-state index in [1.807, 2.05) is 0 Å². The minimum atomic E-state index is -0.727. The summed E-state index contributed by atoms with van der Waals surface area (Å²) in [5.41, 5.74) is 1.04. The van der Waals surface area contributed by atoms with E-state index in [0.29, 0.717) is 17.7 Å². The van der Waals surface area contributed by atoms with Gasteiger partial charge in [-0.3, -0.25) is 0 Å². The summed E-state index contributed by atoms with van der Waals surface area (Å²) in [4.78, 5) is 0. The number of hydrogen-bond acceptors (Lipinski definition) is 2. The molecule has 0 bridgehead atoms. The summed E-state index contributed by atoms with van der Waals surface area (Å²) in [5.74, 6) is -1.40. The molecule has 4 heteroatoms. The molecule has 2 rings (SSSR count). The minimum Gasteiger partial charge on any atom is -0.505 e. The zero-order valence-corrected chi connectivity index (χ0v) is 13.3. The predicted molar refractivity (Wildman–Crippen MR) is 87.7 cm³/mol. The van der Waals surface area contributed by atoms with Crippen LogP contribution in [-0.4, -0.2) is 11.7 Å². The van der Waals surface area contributed by atoms with Crippen LogP contribution in [0.3, 0.4) is 0 Å². The van der Waals surface area contributed by atoms with Crippen molar-refractivity contribution in [3.05, 3.63) is 48.0 Å². The van der Waals surface area contributed by atoms with E-state index in [1.165, 1.54) is 37.5 Å². The molecule has 0 atom stereocenters. The molecule has 0 radical (unpaired) electrons. The van der Waals surface area contributed by atoms with E-state index in [-0.39, 0.29) is 5.75 Å². The molecule has 23 heavy (non-hydrogen) atoms. The van der Waals surface area contributed by atoms with Crippen LogP contribution in [0.25, 0.3) is 11.1 Å². The fourth-order valence-electron chi connectivity index (χ4n) is 2.37. The van der Waals surface area contributed by atoms with Gasteiger partial charge in [-0.25, -0.2) is 8.78 Å². The number of aromatic hydroxyl groups is 1. The molecule has 0 fully saturated rings. The van der Waals surface area contributed by atoms with E-state index in [1.54, 1.807) is 18.2 Å². The Hall–Kier alpha value is -2.10. The highest BCUT2D eigenvalue weighted by Gasteiger charge is 2.08. The lowest BCUT2D eigenvalue weighted by atomic mass is 10.0. The zero-order valence-electron chi connectivity index (χ0n) is 13.3. The molecule has 1 N–H and O–H groups in total. The third-order valence-corrected chi connectivity index (χ3v) is 3.72. The van der Waals surface area contributed by atoms with E-state index in [9.17, 15) is 13.9 Å². The average Bonchev–Trinajstić information content (AvgIpc) is 2.54. The van der Waals surface area contributed by atoms with Crippen molar-refractivity contribution >= 4 is 0 Å². The largest absolute Gasteiger partial charge is 0.505 e. The van der Waals surface area contributed by atoms with Crippen LogP contribution in [0.1, 0.15) is 39.0 Å². The van der Waals surface area contributed by atoms with Crippen LogP contribution in [0.15, 0.2) is 36.4 Å². The summed E-state index contributed by atoms with van der Waals surface area (Å²) >= 11 is 0. The lowest BCUT2D eigenvalue weighted by Gasteiger charge is -2.09. The van der Waals surface area contributed by atoms with E-state index in [2.05, 4.69) is 6.92 Å². The number of halogens is 2. The number of rotatable bonds is 8. The van der Waals surface area contributed by atoms with Crippen molar-refractivity contribution in [2.24, 2.45) is 0 Å². The second-order valence-electron chi connectivity index (χ2n) is 5.57. The summed E-state index contributed by atoms with van der Waals surface area (Å²) in [7, 11) is 0. The van der Waals surface area contributed by atoms with Crippen molar-refractivity contribution in [1.82, 2.24) is 0 Å². The zero-order chi connectivity index (χ0) is 16.7. The molecule has 0 amide bonds. The van der Waals surface area contributed by atoms with Gasteiger partial charge in [0, 0.05) is 0 Å². The van der Waals surface area contributed by atoms with Crippen molar-refractivity contribution in [2.75, 3.05) is 6.61 Å². The highest BCUT2D eigenvalue weighted by molar-refractivity contribution is 5.65. The Kier molecular flexibility index (Phi) is 6.39. The van der Waals surface area contributed by atoms with Gasteiger partial charge >= 0.3 is 0 Å².